The zero-order valence-electron chi connectivity index (χ0n) is 7.97. The molecule has 3 nitrogen and oxygen atoms in total. The molecule has 0 aliphatic carbocycles. The maximum absolute atomic E-state index is 7.84. The van der Waals surface area contributed by atoms with Gasteiger partial charge in [0, 0.05) is 20.2 Å². The standard InChI is InChI=1S/C9H18N2O/c1-3-8(12-2)9(10)11-6-4-5-7-11/h8,10H,3-7H2,1-2H3. The van der Waals surface area contributed by atoms with Crippen LogP contribution in [0.1, 0.15) is 26.2 Å². The van der Waals surface area contributed by atoms with E-state index in [0.717, 1.165) is 19.5 Å². The summed E-state index contributed by atoms with van der Waals surface area (Å²) in [7, 11) is 1.68. The third-order valence-corrected chi connectivity index (χ3v) is 2.41. The average molecular weight is 170 g/mol. The van der Waals surface area contributed by atoms with Crippen LogP contribution in [0.5, 0.6) is 0 Å². The average Bonchev–Trinajstić information content (AvgIpc) is 2.58. The van der Waals surface area contributed by atoms with Gasteiger partial charge in [0.1, 0.15) is 11.9 Å². The van der Waals surface area contributed by atoms with Crippen LogP contribution in [0.3, 0.4) is 0 Å². The van der Waals surface area contributed by atoms with E-state index in [2.05, 4.69) is 11.8 Å². The van der Waals surface area contributed by atoms with Crippen molar-refractivity contribution in [3.8, 4) is 0 Å². The first kappa shape index (κ1) is 9.52. The van der Waals surface area contributed by atoms with Gasteiger partial charge in [-0.25, -0.2) is 0 Å². The Hall–Kier alpha value is -0.570. The van der Waals surface area contributed by atoms with E-state index in [-0.39, 0.29) is 6.10 Å². The van der Waals surface area contributed by atoms with Gasteiger partial charge >= 0.3 is 0 Å². The van der Waals surface area contributed by atoms with Gasteiger partial charge in [-0.2, -0.15) is 0 Å². The van der Waals surface area contributed by atoms with Crippen LogP contribution in [-0.4, -0.2) is 37.0 Å². The lowest BCUT2D eigenvalue weighted by molar-refractivity contribution is 0.141. The zero-order chi connectivity index (χ0) is 8.97. The van der Waals surface area contributed by atoms with Crippen LogP contribution in [0.4, 0.5) is 0 Å². The minimum absolute atomic E-state index is 0.00287. The summed E-state index contributed by atoms with van der Waals surface area (Å²) in [5.74, 6) is 0.664. The molecule has 0 radical (unpaired) electrons. The second-order valence-electron chi connectivity index (χ2n) is 3.21. The first-order chi connectivity index (χ1) is 5.79. The van der Waals surface area contributed by atoms with E-state index < -0.39 is 0 Å². The molecule has 0 bridgehead atoms. The minimum atomic E-state index is 0.00287. The second kappa shape index (κ2) is 4.45. The predicted molar refractivity (Wildman–Crippen MR) is 49.6 cm³/mol. The number of hydrogen-bond acceptors (Lipinski definition) is 2. The van der Waals surface area contributed by atoms with Crippen molar-refractivity contribution >= 4 is 5.84 Å². The molecule has 0 spiro atoms. The number of rotatable bonds is 3. The number of amidine groups is 1. The number of hydrogen-bond donors (Lipinski definition) is 1. The van der Waals surface area contributed by atoms with Crippen molar-refractivity contribution in [1.29, 1.82) is 5.41 Å². The highest BCUT2D eigenvalue weighted by Crippen LogP contribution is 2.11. The Morgan fingerprint density at radius 3 is 2.50 bits per heavy atom. The SMILES string of the molecule is CCC(OC)C(=N)N1CCCC1. The van der Waals surface area contributed by atoms with Gasteiger partial charge in [0.15, 0.2) is 0 Å². The Morgan fingerprint density at radius 1 is 1.50 bits per heavy atom. The number of nitrogens with one attached hydrogen (secondary N) is 1. The van der Waals surface area contributed by atoms with Crippen LogP contribution in [-0.2, 0) is 4.74 Å². The normalized spacial score (nSPS) is 19.7. The lowest BCUT2D eigenvalue weighted by Crippen LogP contribution is -2.37. The molecule has 0 aromatic rings. The van der Waals surface area contributed by atoms with Crippen molar-refractivity contribution in [3.63, 3.8) is 0 Å². The van der Waals surface area contributed by atoms with Gasteiger partial charge < -0.3 is 9.64 Å². The van der Waals surface area contributed by atoms with E-state index in [0.29, 0.717) is 5.84 Å². The lowest BCUT2D eigenvalue weighted by Gasteiger charge is -2.24. The highest BCUT2D eigenvalue weighted by atomic mass is 16.5. The summed E-state index contributed by atoms with van der Waals surface area (Å²) in [6.07, 6.45) is 3.35. The van der Waals surface area contributed by atoms with Crippen LogP contribution >= 0.6 is 0 Å². The van der Waals surface area contributed by atoms with Gasteiger partial charge in [0.2, 0.25) is 0 Å². The Labute approximate surface area is 74.2 Å². The summed E-state index contributed by atoms with van der Waals surface area (Å²) in [6.45, 7) is 4.14. The molecule has 0 amide bonds. The molecule has 70 valence electrons. The van der Waals surface area contributed by atoms with E-state index in [1.807, 2.05) is 0 Å². The molecule has 0 aromatic heterocycles. The monoisotopic (exact) mass is 170 g/mol. The topological polar surface area (TPSA) is 36.3 Å². The molecule has 12 heavy (non-hydrogen) atoms. The maximum atomic E-state index is 7.84. The van der Waals surface area contributed by atoms with Crippen LogP contribution in [0, 0.1) is 5.41 Å². The van der Waals surface area contributed by atoms with Crippen molar-refractivity contribution in [3.05, 3.63) is 0 Å². The largest absolute Gasteiger partial charge is 0.374 e. The fraction of sp³-hybridized carbons (Fsp3) is 0.889. The van der Waals surface area contributed by atoms with Crippen molar-refractivity contribution < 1.29 is 4.74 Å². The van der Waals surface area contributed by atoms with E-state index in [1.165, 1.54) is 12.8 Å². The summed E-state index contributed by atoms with van der Waals surface area (Å²) < 4.78 is 5.21. The summed E-state index contributed by atoms with van der Waals surface area (Å²) in [5.41, 5.74) is 0. The summed E-state index contributed by atoms with van der Waals surface area (Å²) in [6, 6.07) is 0. The van der Waals surface area contributed by atoms with E-state index in [4.69, 9.17) is 10.1 Å². The lowest BCUT2D eigenvalue weighted by atomic mass is 10.2. The summed E-state index contributed by atoms with van der Waals surface area (Å²) in [4.78, 5) is 2.12. The third-order valence-electron chi connectivity index (χ3n) is 2.41. The number of nitrogens with zero attached hydrogens (tertiary/aromatic N) is 1. The molecule has 0 aromatic carbocycles. The molecule has 1 fully saturated rings. The molecule has 0 saturated carbocycles. The molecule has 1 saturated heterocycles. The van der Waals surface area contributed by atoms with Gasteiger partial charge in [-0.05, 0) is 19.3 Å². The van der Waals surface area contributed by atoms with Crippen LogP contribution in [0.25, 0.3) is 0 Å². The first-order valence-corrected chi connectivity index (χ1v) is 4.65. The quantitative estimate of drug-likeness (QED) is 0.514. The zero-order valence-corrected chi connectivity index (χ0v) is 7.97. The summed E-state index contributed by atoms with van der Waals surface area (Å²) in [5, 5.41) is 7.84. The van der Waals surface area contributed by atoms with Gasteiger partial charge in [0.25, 0.3) is 0 Å². The van der Waals surface area contributed by atoms with Gasteiger partial charge in [-0.1, -0.05) is 6.92 Å². The molecule has 1 aliphatic heterocycles. The Kier molecular flexibility index (Phi) is 3.53. The van der Waals surface area contributed by atoms with Crippen molar-refractivity contribution in [2.75, 3.05) is 20.2 Å². The molecule has 1 unspecified atom stereocenters. The first-order valence-electron chi connectivity index (χ1n) is 4.65. The van der Waals surface area contributed by atoms with Crippen LogP contribution in [0.15, 0.2) is 0 Å². The van der Waals surface area contributed by atoms with E-state index in [9.17, 15) is 0 Å². The molecular formula is C9H18N2O. The predicted octanol–water partition coefficient (Wildman–Crippen LogP) is 1.48. The van der Waals surface area contributed by atoms with E-state index >= 15 is 0 Å². The van der Waals surface area contributed by atoms with Gasteiger partial charge in [-0.3, -0.25) is 5.41 Å². The maximum Gasteiger partial charge on any atom is 0.126 e. The minimum Gasteiger partial charge on any atom is -0.374 e. The Bertz CT molecular complexity index is 145. The highest BCUT2D eigenvalue weighted by molar-refractivity contribution is 5.83. The molecule has 3 heteroatoms. The molecule has 1 aliphatic rings. The van der Waals surface area contributed by atoms with Crippen LogP contribution in [0.2, 0.25) is 0 Å². The number of methoxy groups -OCH3 is 1. The highest BCUT2D eigenvalue weighted by Gasteiger charge is 2.20. The Morgan fingerprint density at radius 2 is 2.08 bits per heavy atom. The molecule has 1 N–H and O–H groups in total. The number of likely N-dealkylation sites (tertiary alicyclic amines) is 1. The van der Waals surface area contributed by atoms with Crippen molar-refractivity contribution in [1.82, 2.24) is 4.90 Å². The van der Waals surface area contributed by atoms with Crippen LogP contribution < -0.4 is 0 Å². The third kappa shape index (κ3) is 1.97. The van der Waals surface area contributed by atoms with Crippen molar-refractivity contribution in [2.24, 2.45) is 0 Å². The Balaban J connectivity index is 2.43. The fourth-order valence-corrected chi connectivity index (χ4v) is 1.63. The summed E-state index contributed by atoms with van der Waals surface area (Å²) >= 11 is 0. The van der Waals surface area contributed by atoms with Gasteiger partial charge in [0.05, 0.1) is 0 Å². The van der Waals surface area contributed by atoms with Crippen molar-refractivity contribution in [2.45, 2.75) is 32.3 Å². The number of ether oxygens (including phenoxy) is 1. The second-order valence-corrected chi connectivity index (χ2v) is 3.21. The molecule has 1 heterocycles. The molecule has 1 atom stereocenters. The van der Waals surface area contributed by atoms with E-state index in [1.54, 1.807) is 7.11 Å². The fourth-order valence-electron chi connectivity index (χ4n) is 1.63. The van der Waals surface area contributed by atoms with Gasteiger partial charge in [-0.15, -0.1) is 0 Å². The molecular weight excluding hydrogens is 152 g/mol. The smallest absolute Gasteiger partial charge is 0.126 e. The molecule has 1 rings (SSSR count).